The number of carbonyl (C=O) groups is 1. The van der Waals surface area contributed by atoms with Crippen molar-refractivity contribution in [2.45, 2.75) is 0 Å². The van der Waals surface area contributed by atoms with Gasteiger partial charge >= 0.3 is 0 Å². The van der Waals surface area contributed by atoms with Crippen LogP contribution in [0.4, 0.5) is 0 Å². The van der Waals surface area contributed by atoms with Crippen molar-refractivity contribution in [1.29, 1.82) is 0 Å². The standard InChI is InChI=1S/C10H7N7O/c18-10(14-17-6-12-15-16-17)9-5-11-7-3-1-2-4-8(7)13-9/h1-6H,(H,14,18). The highest BCUT2D eigenvalue weighted by Gasteiger charge is 2.09. The van der Waals surface area contributed by atoms with E-state index in [2.05, 4.69) is 30.9 Å². The number of tetrazole rings is 1. The topological polar surface area (TPSA) is 98.5 Å². The highest BCUT2D eigenvalue weighted by atomic mass is 16.2. The molecule has 0 aliphatic carbocycles. The summed E-state index contributed by atoms with van der Waals surface area (Å²) in [5, 5.41) is 10.3. The van der Waals surface area contributed by atoms with Crippen LogP contribution >= 0.6 is 0 Å². The molecule has 18 heavy (non-hydrogen) atoms. The number of aromatic nitrogens is 6. The minimum atomic E-state index is -0.430. The number of para-hydroxylation sites is 2. The number of rotatable bonds is 2. The van der Waals surface area contributed by atoms with Crippen LogP contribution in [0.25, 0.3) is 11.0 Å². The fourth-order valence-corrected chi connectivity index (χ4v) is 1.44. The second-order valence-electron chi connectivity index (χ2n) is 3.44. The Balaban J connectivity index is 1.92. The fourth-order valence-electron chi connectivity index (χ4n) is 1.44. The molecule has 3 aromatic rings. The predicted molar refractivity (Wildman–Crippen MR) is 61.0 cm³/mol. The van der Waals surface area contributed by atoms with Crippen molar-refractivity contribution in [3.05, 3.63) is 42.5 Å². The molecule has 0 unspecified atom stereocenters. The van der Waals surface area contributed by atoms with E-state index in [1.54, 1.807) is 6.07 Å². The van der Waals surface area contributed by atoms with Crippen molar-refractivity contribution in [3.8, 4) is 0 Å². The highest BCUT2D eigenvalue weighted by Crippen LogP contribution is 2.08. The number of benzene rings is 1. The van der Waals surface area contributed by atoms with Gasteiger partial charge in [0.15, 0.2) is 6.33 Å². The van der Waals surface area contributed by atoms with Crippen LogP contribution in [0.2, 0.25) is 0 Å². The molecule has 8 nitrogen and oxygen atoms in total. The van der Waals surface area contributed by atoms with E-state index < -0.39 is 5.91 Å². The van der Waals surface area contributed by atoms with Gasteiger partial charge < -0.3 is 0 Å². The second-order valence-corrected chi connectivity index (χ2v) is 3.44. The lowest BCUT2D eigenvalue weighted by Gasteiger charge is -2.03. The van der Waals surface area contributed by atoms with E-state index in [1.807, 2.05) is 18.2 Å². The minimum absolute atomic E-state index is 0.198. The lowest BCUT2D eigenvalue weighted by atomic mass is 10.3. The Morgan fingerprint density at radius 2 is 2.06 bits per heavy atom. The Morgan fingerprint density at radius 1 is 1.22 bits per heavy atom. The maximum absolute atomic E-state index is 11.8. The van der Waals surface area contributed by atoms with E-state index in [-0.39, 0.29) is 5.69 Å². The first-order valence-electron chi connectivity index (χ1n) is 5.09. The summed E-state index contributed by atoms with van der Waals surface area (Å²) < 4.78 is 0. The van der Waals surface area contributed by atoms with Crippen LogP contribution in [0.5, 0.6) is 0 Å². The Morgan fingerprint density at radius 3 is 2.83 bits per heavy atom. The van der Waals surface area contributed by atoms with E-state index in [0.29, 0.717) is 5.52 Å². The number of amides is 1. The van der Waals surface area contributed by atoms with Crippen LogP contribution in [-0.4, -0.2) is 36.2 Å². The molecule has 1 N–H and O–H groups in total. The molecule has 88 valence electrons. The number of hydrogen-bond acceptors (Lipinski definition) is 6. The van der Waals surface area contributed by atoms with Gasteiger partial charge in [-0.25, -0.2) is 10.4 Å². The van der Waals surface area contributed by atoms with Crippen LogP contribution in [0.3, 0.4) is 0 Å². The molecule has 8 heteroatoms. The number of nitrogens with one attached hydrogen (secondary N) is 1. The molecular formula is C10H7N7O. The monoisotopic (exact) mass is 241 g/mol. The molecule has 0 radical (unpaired) electrons. The molecule has 1 amide bonds. The van der Waals surface area contributed by atoms with E-state index >= 15 is 0 Å². The van der Waals surface area contributed by atoms with Gasteiger partial charge in [0.05, 0.1) is 17.2 Å². The third-order valence-corrected chi connectivity index (χ3v) is 2.25. The molecule has 0 saturated heterocycles. The van der Waals surface area contributed by atoms with E-state index in [1.165, 1.54) is 12.5 Å². The van der Waals surface area contributed by atoms with Crippen molar-refractivity contribution in [2.75, 3.05) is 5.43 Å². The smallest absolute Gasteiger partial charge is 0.265 e. The zero-order valence-electron chi connectivity index (χ0n) is 9.06. The van der Waals surface area contributed by atoms with Crippen LogP contribution in [0.1, 0.15) is 10.5 Å². The average Bonchev–Trinajstić information content (AvgIpc) is 2.91. The number of nitrogens with zero attached hydrogens (tertiary/aromatic N) is 6. The lowest BCUT2D eigenvalue weighted by Crippen LogP contribution is -2.24. The molecule has 0 bridgehead atoms. The van der Waals surface area contributed by atoms with Gasteiger partial charge in [-0.2, -0.15) is 0 Å². The summed E-state index contributed by atoms with van der Waals surface area (Å²) in [4.78, 5) is 21.3. The molecule has 0 saturated carbocycles. The summed E-state index contributed by atoms with van der Waals surface area (Å²) in [6.45, 7) is 0. The maximum Gasteiger partial charge on any atom is 0.291 e. The van der Waals surface area contributed by atoms with Gasteiger partial charge in [-0.1, -0.05) is 12.1 Å². The van der Waals surface area contributed by atoms with Crippen molar-refractivity contribution >= 4 is 16.9 Å². The minimum Gasteiger partial charge on any atom is -0.265 e. The summed E-state index contributed by atoms with van der Waals surface area (Å²) in [7, 11) is 0. The first-order chi connectivity index (χ1) is 8.83. The normalized spacial score (nSPS) is 10.4. The van der Waals surface area contributed by atoms with Gasteiger partial charge in [-0.15, -0.1) is 9.89 Å². The molecule has 2 aromatic heterocycles. The van der Waals surface area contributed by atoms with Crippen molar-refractivity contribution in [3.63, 3.8) is 0 Å². The molecule has 0 aliphatic rings. The van der Waals surface area contributed by atoms with Crippen LogP contribution in [0.15, 0.2) is 36.8 Å². The molecule has 2 heterocycles. The van der Waals surface area contributed by atoms with Gasteiger partial charge in [0, 0.05) is 0 Å². The Hall–Kier alpha value is -2.90. The molecule has 3 rings (SSSR count). The van der Waals surface area contributed by atoms with Crippen molar-refractivity contribution < 1.29 is 4.79 Å². The molecular weight excluding hydrogens is 234 g/mol. The number of hydrogen-bond donors (Lipinski definition) is 1. The summed E-state index contributed by atoms with van der Waals surface area (Å²) in [6, 6.07) is 7.30. The predicted octanol–water partition coefficient (Wildman–Crippen LogP) is 0.000200. The number of carbonyl (C=O) groups excluding carboxylic acids is 1. The Kier molecular flexibility index (Phi) is 2.38. The van der Waals surface area contributed by atoms with E-state index in [0.717, 1.165) is 10.3 Å². The fraction of sp³-hybridized carbons (Fsp3) is 0. The Labute approximate surface area is 101 Å². The molecule has 0 fully saturated rings. The average molecular weight is 241 g/mol. The zero-order valence-corrected chi connectivity index (χ0v) is 9.06. The van der Waals surface area contributed by atoms with Crippen LogP contribution in [0, 0.1) is 0 Å². The van der Waals surface area contributed by atoms with Crippen molar-refractivity contribution in [1.82, 2.24) is 30.3 Å². The lowest BCUT2D eigenvalue weighted by molar-refractivity contribution is 0.1000. The van der Waals surface area contributed by atoms with Gasteiger partial charge in [0.25, 0.3) is 5.91 Å². The van der Waals surface area contributed by atoms with Crippen LogP contribution < -0.4 is 5.43 Å². The van der Waals surface area contributed by atoms with Crippen LogP contribution in [-0.2, 0) is 0 Å². The quantitative estimate of drug-likeness (QED) is 0.678. The molecule has 0 spiro atoms. The first-order valence-corrected chi connectivity index (χ1v) is 5.09. The van der Waals surface area contributed by atoms with E-state index in [4.69, 9.17) is 0 Å². The highest BCUT2D eigenvalue weighted by molar-refractivity contribution is 5.99. The SMILES string of the molecule is O=C(Nn1cnnn1)c1cnc2ccccc2n1. The summed E-state index contributed by atoms with van der Waals surface area (Å²) in [5.74, 6) is -0.430. The first kappa shape index (κ1) is 10.3. The third-order valence-electron chi connectivity index (χ3n) is 2.25. The van der Waals surface area contributed by atoms with Gasteiger partial charge in [-0.05, 0) is 22.6 Å². The maximum atomic E-state index is 11.8. The van der Waals surface area contributed by atoms with E-state index in [9.17, 15) is 4.79 Å². The largest absolute Gasteiger partial charge is 0.291 e. The van der Waals surface area contributed by atoms with Crippen molar-refractivity contribution in [2.24, 2.45) is 0 Å². The van der Waals surface area contributed by atoms with Gasteiger partial charge in [0.2, 0.25) is 0 Å². The van der Waals surface area contributed by atoms with Gasteiger partial charge in [0.1, 0.15) is 5.69 Å². The Bertz CT molecular complexity index is 694. The molecule has 0 aliphatic heterocycles. The second kappa shape index (κ2) is 4.17. The summed E-state index contributed by atoms with van der Waals surface area (Å²) >= 11 is 0. The molecule has 0 atom stereocenters. The zero-order chi connectivity index (χ0) is 12.4. The van der Waals surface area contributed by atoms with Gasteiger partial charge in [-0.3, -0.25) is 9.78 Å². The molecule has 1 aromatic carbocycles. The summed E-state index contributed by atoms with van der Waals surface area (Å²) in [6.07, 6.45) is 2.67. The third kappa shape index (κ3) is 1.86. The number of fused-ring (bicyclic) bond motifs is 1. The summed E-state index contributed by atoms with van der Waals surface area (Å²) in [5.41, 5.74) is 4.03.